The van der Waals surface area contributed by atoms with Gasteiger partial charge < -0.3 is 19.3 Å². The van der Waals surface area contributed by atoms with Crippen LogP contribution in [0.4, 0.5) is 0 Å². The minimum absolute atomic E-state index is 0.0373. The maximum atomic E-state index is 13.2. The molecule has 0 bridgehead atoms. The Balaban J connectivity index is 1.16. The first kappa shape index (κ1) is 29.8. The Kier molecular flexibility index (Phi) is 9.66. The number of benzene rings is 3. The molecular weight excluding hydrogens is 540 g/mol. The van der Waals surface area contributed by atoms with E-state index >= 15 is 0 Å². The number of methoxy groups -OCH3 is 2. The third kappa shape index (κ3) is 7.38. The molecule has 1 aromatic heterocycles. The number of piperidine rings is 1. The molecule has 8 heteroatoms. The van der Waals surface area contributed by atoms with Gasteiger partial charge in [0.1, 0.15) is 0 Å². The van der Waals surface area contributed by atoms with Crippen molar-refractivity contribution in [1.29, 1.82) is 0 Å². The summed E-state index contributed by atoms with van der Waals surface area (Å²) in [5.41, 5.74) is 4.15. The summed E-state index contributed by atoms with van der Waals surface area (Å²) >= 11 is 0. The van der Waals surface area contributed by atoms with Crippen molar-refractivity contribution in [1.82, 2.24) is 19.8 Å². The van der Waals surface area contributed by atoms with Crippen molar-refractivity contribution >= 4 is 11.8 Å². The van der Waals surface area contributed by atoms with Gasteiger partial charge in [0.05, 0.1) is 19.8 Å². The van der Waals surface area contributed by atoms with Crippen LogP contribution in [0.1, 0.15) is 44.7 Å². The first-order valence-corrected chi connectivity index (χ1v) is 14.7. The van der Waals surface area contributed by atoms with Gasteiger partial charge in [0.2, 0.25) is 0 Å². The summed E-state index contributed by atoms with van der Waals surface area (Å²) in [6.07, 6.45) is 6.88. The minimum Gasteiger partial charge on any atom is -0.493 e. The van der Waals surface area contributed by atoms with E-state index in [1.807, 2.05) is 41.3 Å². The number of hydrogen-bond acceptors (Lipinski definition) is 6. The van der Waals surface area contributed by atoms with Gasteiger partial charge in [-0.3, -0.25) is 9.59 Å². The molecule has 0 unspecified atom stereocenters. The van der Waals surface area contributed by atoms with Gasteiger partial charge in [0, 0.05) is 50.2 Å². The first-order valence-electron chi connectivity index (χ1n) is 14.7. The Labute approximate surface area is 253 Å². The van der Waals surface area contributed by atoms with Crippen molar-refractivity contribution < 1.29 is 19.1 Å². The van der Waals surface area contributed by atoms with Crippen LogP contribution in [0.5, 0.6) is 11.5 Å². The van der Waals surface area contributed by atoms with Gasteiger partial charge in [0.25, 0.3) is 11.8 Å². The highest BCUT2D eigenvalue weighted by Gasteiger charge is 2.24. The number of likely N-dealkylation sites (N-methyl/N-ethyl adjacent to an activating group) is 1. The van der Waals surface area contributed by atoms with Crippen LogP contribution in [0, 0.1) is 5.92 Å². The Morgan fingerprint density at radius 3 is 2.26 bits per heavy atom. The summed E-state index contributed by atoms with van der Waals surface area (Å²) in [6.45, 7) is 2.01. The Morgan fingerprint density at radius 1 is 0.837 bits per heavy atom. The highest BCUT2D eigenvalue weighted by molar-refractivity contribution is 5.95. The second-order valence-corrected chi connectivity index (χ2v) is 11.0. The number of nitrogens with zero attached hydrogens (tertiary/aromatic N) is 4. The lowest BCUT2D eigenvalue weighted by atomic mass is 9.90. The number of hydrogen-bond donors (Lipinski definition) is 0. The van der Waals surface area contributed by atoms with Crippen molar-refractivity contribution in [2.24, 2.45) is 5.92 Å². The molecule has 4 aromatic rings. The average Bonchev–Trinajstić information content (AvgIpc) is 3.07. The van der Waals surface area contributed by atoms with E-state index in [-0.39, 0.29) is 11.8 Å². The third-order valence-corrected chi connectivity index (χ3v) is 8.07. The molecule has 0 atom stereocenters. The third-order valence-electron chi connectivity index (χ3n) is 8.07. The predicted molar refractivity (Wildman–Crippen MR) is 166 cm³/mol. The van der Waals surface area contributed by atoms with E-state index in [0.717, 1.165) is 43.5 Å². The molecule has 0 N–H and O–H groups in total. The second kappa shape index (κ2) is 14.0. The van der Waals surface area contributed by atoms with Gasteiger partial charge in [-0.25, -0.2) is 9.97 Å². The highest BCUT2D eigenvalue weighted by Crippen LogP contribution is 2.28. The van der Waals surface area contributed by atoms with Crippen LogP contribution < -0.4 is 9.47 Å². The quantitative estimate of drug-likeness (QED) is 0.245. The molecule has 1 fully saturated rings. The topological polar surface area (TPSA) is 84.9 Å². The molecule has 0 spiro atoms. The summed E-state index contributed by atoms with van der Waals surface area (Å²) in [5.74, 6) is 2.27. The summed E-state index contributed by atoms with van der Waals surface area (Å²) in [7, 11) is 5.00. The van der Waals surface area contributed by atoms with Gasteiger partial charge >= 0.3 is 0 Å². The standard InChI is InChI=1S/C35H38N4O4/c1-38(17-14-26-12-13-31(42-2)32(21-26)43-3)34(40)29-11-7-10-28(22-29)33-36-23-30(24-37-33)35(41)39-18-15-27(16-19-39)20-25-8-5-4-6-9-25/h4-13,21-24,27H,14-20H2,1-3H3. The van der Waals surface area contributed by atoms with Crippen molar-refractivity contribution in [3.63, 3.8) is 0 Å². The molecule has 43 heavy (non-hydrogen) atoms. The zero-order chi connectivity index (χ0) is 30.2. The van der Waals surface area contributed by atoms with Crippen LogP contribution in [0.25, 0.3) is 11.4 Å². The number of carbonyl (C=O) groups is 2. The number of amides is 2. The number of carbonyl (C=O) groups excluding carboxylic acids is 2. The van der Waals surface area contributed by atoms with Gasteiger partial charge in [0.15, 0.2) is 17.3 Å². The smallest absolute Gasteiger partial charge is 0.256 e. The molecule has 8 nitrogen and oxygen atoms in total. The van der Waals surface area contributed by atoms with Crippen molar-refractivity contribution in [2.75, 3.05) is 40.9 Å². The molecule has 0 aliphatic carbocycles. The lowest BCUT2D eigenvalue weighted by Crippen LogP contribution is -2.39. The molecule has 0 radical (unpaired) electrons. The molecule has 1 saturated heterocycles. The summed E-state index contributed by atoms with van der Waals surface area (Å²) in [6, 6.07) is 23.6. The van der Waals surface area contributed by atoms with E-state index in [9.17, 15) is 9.59 Å². The maximum Gasteiger partial charge on any atom is 0.256 e. The monoisotopic (exact) mass is 578 g/mol. The van der Waals surface area contributed by atoms with Gasteiger partial charge in [-0.05, 0) is 67.0 Å². The number of likely N-dealkylation sites (tertiary alicyclic amines) is 1. The summed E-state index contributed by atoms with van der Waals surface area (Å²) in [4.78, 5) is 38.9. The fourth-order valence-electron chi connectivity index (χ4n) is 5.50. The van der Waals surface area contributed by atoms with Crippen LogP contribution in [0.3, 0.4) is 0 Å². The molecule has 222 valence electrons. The molecular formula is C35H38N4O4. The molecule has 1 aliphatic heterocycles. The molecule has 2 heterocycles. The SMILES string of the molecule is COc1ccc(CCN(C)C(=O)c2cccc(-c3ncc(C(=O)N4CCC(Cc5ccccc5)CC4)cn3)c2)cc1OC. The van der Waals surface area contributed by atoms with Gasteiger partial charge in [-0.15, -0.1) is 0 Å². The lowest BCUT2D eigenvalue weighted by molar-refractivity contribution is 0.0689. The number of aromatic nitrogens is 2. The van der Waals surface area contributed by atoms with Crippen molar-refractivity contribution in [2.45, 2.75) is 25.7 Å². The van der Waals surface area contributed by atoms with Crippen LogP contribution in [-0.2, 0) is 12.8 Å². The maximum absolute atomic E-state index is 13.2. The van der Waals surface area contributed by atoms with Crippen LogP contribution in [0.15, 0.2) is 85.2 Å². The second-order valence-electron chi connectivity index (χ2n) is 11.0. The van der Waals surface area contributed by atoms with E-state index < -0.39 is 0 Å². The predicted octanol–water partition coefficient (Wildman–Crippen LogP) is 5.57. The summed E-state index contributed by atoms with van der Waals surface area (Å²) < 4.78 is 10.7. The molecule has 2 amide bonds. The van der Waals surface area contributed by atoms with Crippen LogP contribution >= 0.6 is 0 Å². The van der Waals surface area contributed by atoms with E-state index in [2.05, 4.69) is 34.2 Å². The van der Waals surface area contributed by atoms with E-state index in [0.29, 0.717) is 47.3 Å². The Morgan fingerprint density at radius 2 is 1.56 bits per heavy atom. The Bertz CT molecular complexity index is 1530. The number of ether oxygens (including phenoxy) is 2. The van der Waals surface area contributed by atoms with Crippen molar-refractivity contribution in [3.05, 3.63) is 107 Å². The lowest BCUT2D eigenvalue weighted by Gasteiger charge is -2.32. The molecule has 3 aromatic carbocycles. The first-order chi connectivity index (χ1) is 20.9. The van der Waals surface area contributed by atoms with E-state index in [1.165, 1.54) is 5.56 Å². The molecule has 5 rings (SSSR count). The zero-order valence-corrected chi connectivity index (χ0v) is 25.0. The number of rotatable bonds is 10. The average molecular weight is 579 g/mol. The van der Waals surface area contributed by atoms with Crippen LogP contribution in [0.2, 0.25) is 0 Å². The van der Waals surface area contributed by atoms with E-state index in [4.69, 9.17) is 9.47 Å². The van der Waals surface area contributed by atoms with Crippen LogP contribution in [-0.4, -0.2) is 72.5 Å². The minimum atomic E-state index is -0.0928. The summed E-state index contributed by atoms with van der Waals surface area (Å²) in [5, 5.41) is 0. The largest absolute Gasteiger partial charge is 0.493 e. The highest BCUT2D eigenvalue weighted by atomic mass is 16.5. The molecule has 1 aliphatic rings. The van der Waals surface area contributed by atoms with E-state index in [1.54, 1.807) is 50.7 Å². The fraction of sp³-hybridized carbons (Fsp3) is 0.314. The molecule has 0 saturated carbocycles. The normalized spacial score (nSPS) is 13.4. The fourth-order valence-corrected chi connectivity index (χ4v) is 5.50. The zero-order valence-electron chi connectivity index (χ0n) is 25.0. The van der Waals surface area contributed by atoms with Gasteiger partial charge in [-0.1, -0.05) is 48.5 Å². The Hall–Kier alpha value is -4.72. The van der Waals surface area contributed by atoms with Gasteiger partial charge in [-0.2, -0.15) is 0 Å². The van der Waals surface area contributed by atoms with Crippen molar-refractivity contribution in [3.8, 4) is 22.9 Å².